The van der Waals surface area contributed by atoms with Crippen molar-refractivity contribution in [2.75, 3.05) is 22.9 Å². The van der Waals surface area contributed by atoms with E-state index in [9.17, 15) is 14.0 Å². The summed E-state index contributed by atoms with van der Waals surface area (Å²) in [6.45, 7) is 1.29. The number of rotatable bonds is 1. The molecule has 0 unspecified atom stereocenters. The van der Waals surface area contributed by atoms with Gasteiger partial charge in [0.15, 0.2) is 11.6 Å². The Morgan fingerprint density at radius 2 is 2.15 bits per heavy atom. The summed E-state index contributed by atoms with van der Waals surface area (Å²) in [5.74, 6) is -0.219. The molecular formula is C23H25FN6O2S. The summed E-state index contributed by atoms with van der Waals surface area (Å²) in [4.78, 5) is 35.7. The number of anilines is 3. The number of carbonyl (C=O) groups is 2. The second-order valence-corrected chi connectivity index (χ2v) is 10.6. The molecular weight excluding hydrogens is 443 g/mol. The van der Waals surface area contributed by atoms with Crippen molar-refractivity contribution in [1.82, 2.24) is 14.9 Å². The summed E-state index contributed by atoms with van der Waals surface area (Å²) in [5.41, 5.74) is 8.85. The number of nitrogens with two attached hydrogens (primary N) is 1. The van der Waals surface area contributed by atoms with E-state index in [1.807, 2.05) is 17.0 Å². The van der Waals surface area contributed by atoms with E-state index in [2.05, 4.69) is 26.7 Å². The minimum Gasteiger partial charge on any atom is -0.369 e. The molecule has 4 aliphatic rings. The van der Waals surface area contributed by atoms with Crippen LogP contribution in [0.4, 0.5) is 21.8 Å². The summed E-state index contributed by atoms with van der Waals surface area (Å²) >= 11 is 1.65. The lowest BCUT2D eigenvalue weighted by Crippen LogP contribution is -2.46. The molecule has 2 aromatic rings. The first kappa shape index (κ1) is 20.7. The Balaban J connectivity index is 1.39. The fraction of sp³-hybridized carbons (Fsp3) is 0.478. The van der Waals surface area contributed by atoms with Crippen molar-refractivity contribution in [2.24, 2.45) is 23.5 Å². The first-order valence-corrected chi connectivity index (χ1v) is 12.4. The molecule has 0 saturated heterocycles. The molecule has 3 heterocycles. The van der Waals surface area contributed by atoms with Crippen molar-refractivity contribution < 1.29 is 14.0 Å². The van der Waals surface area contributed by atoms with Crippen molar-refractivity contribution in [3.63, 3.8) is 0 Å². The minimum atomic E-state index is -0.576. The zero-order valence-electron chi connectivity index (χ0n) is 18.0. The Hall–Kier alpha value is -2.88. The van der Waals surface area contributed by atoms with Crippen LogP contribution in [0, 0.1) is 23.6 Å². The van der Waals surface area contributed by atoms with Gasteiger partial charge in [0.05, 0.1) is 17.9 Å². The summed E-state index contributed by atoms with van der Waals surface area (Å²) < 4.78 is 14.7. The van der Waals surface area contributed by atoms with Crippen molar-refractivity contribution in [3.05, 3.63) is 41.3 Å². The number of nitrogens with one attached hydrogen (secondary N) is 2. The van der Waals surface area contributed by atoms with Gasteiger partial charge in [0.25, 0.3) is 0 Å². The van der Waals surface area contributed by atoms with Gasteiger partial charge in [0, 0.05) is 30.1 Å². The predicted octanol–water partition coefficient (Wildman–Crippen LogP) is 2.28. The molecule has 0 spiro atoms. The molecule has 7 bridgehead atoms. The summed E-state index contributed by atoms with van der Waals surface area (Å²) in [5, 5.41) is 6.56. The molecule has 2 aliphatic heterocycles. The highest BCUT2D eigenvalue weighted by molar-refractivity contribution is 8.00. The van der Waals surface area contributed by atoms with Gasteiger partial charge < -0.3 is 21.3 Å². The number of fused-ring (bicyclic) bond motifs is 5. The number of carbonyl (C=O) groups excluding carboxylic acids is 2. The summed E-state index contributed by atoms with van der Waals surface area (Å²) in [7, 11) is 0. The van der Waals surface area contributed by atoms with E-state index in [1.54, 1.807) is 11.8 Å². The van der Waals surface area contributed by atoms with Crippen molar-refractivity contribution in [2.45, 2.75) is 37.1 Å². The van der Waals surface area contributed by atoms with E-state index in [0.717, 1.165) is 36.7 Å². The van der Waals surface area contributed by atoms with Crippen LogP contribution in [-0.2, 0) is 22.6 Å². The average Bonchev–Trinajstić information content (AvgIpc) is 3.37. The second kappa shape index (κ2) is 7.86. The highest BCUT2D eigenvalue weighted by Gasteiger charge is 2.55. The van der Waals surface area contributed by atoms with E-state index in [1.165, 1.54) is 5.56 Å². The smallest absolute Gasteiger partial charge is 0.232 e. The molecule has 1 aromatic heterocycles. The van der Waals surface area contributed by atoms with E-state index in [-0.39, 0.29) is 52.6 Å². The molecule has 2 amide bonds. The Labute approximate surface area is 194 Å². The normalized spacial score (nSPS) is 30.2. The number of aromatic nitrogens is 2. The number of benzene rings is 1. The van der Waals surface area contributed by atoms with Gasteiger partial charge in [0.2, 0.25) is 17.8 Å². The Morgan fingerprint density at radius 3 is 3.00 bits per heavy atom. The average molecular weight is 469 g/mol. The second-order valence-electron chi connectivity index (χ2n) is 9.41. The number of halogens is 1. The number of amides is 2. The van der Waals surface area contributed by atoms with Crippen LogP contribution in [-0.4, -0.2) is 50.3 Å². The Kier molecular flexibility index (Phi) is 4.93. The van der Waals surface area contributed by atoms with Crippen LogP contribution in [0.2, 0.25) is 0 Å². The maximum atomic E-state index is 14.7. The molecule has 2 saturated carbocycles. The molecule has 172 valence electrons. The highest BCUT2D eigenvalue weighted by Crippen LogP contribution is 2.53. The quantitative estimate of drug-likeness (QED) is 0.588. The maximum absolute atomic E-state index is 14.7. The molecule has 1 aromatic carbocycles. The number of nitrogens with zero attached hydrogens (tertiary/aromatic N) is 3. The Morgan fingerprint density at radius 1 is 1.27 bits per heavy atom. The van der Waals surface area contributed by atoms with Crippen LogP contribution in [0.25, 0.3) is 0 Å². The minimum absolute atomic E-state index is 0.0624. The summed E-state index contributed by atoms with van der Waals surface area (Å²) in [6.07, 6.45) is 3.65. The molecule has 6 rings (SSSR count). The van der Waals surface area contributed by atoms with E-state index < -0.39 is 5.82 Å². The van der Waals surface area contributed by atoms with Crippen molar-refractivity contribution in [3.8, 4) is 0 Å². The molecule has 4 N–H and O–H groups in total. The first-order valence-electron chi connectivity index (χ1n) is 11.3. The number of hydrogen-bond acceptors (Lipinski definition) is 7. The zero-order valence-corrected chi connectivity index (χ0v) is 18.8. The maximum Gasteiger partial charge on any atom is 0.232 e. The Bertz CT molecular complexity index is 1150. The first-order chi connectivity index (χ1) is 16.0. The summed E-state index contributed by atoms with van der Waals surface area (Å²) in [6, 6.07) is 5.67. The van der Waals surface area contributed by atoms with Gasteiger partial charge in [-0.05, 0) is 54.4 Å². The largest absolute Gasteiger partial charge is 0.369 e. The SMILES string of the molecule is NC(=O)[C@H]1[C@H]2C[C@H]3[C@H]1Nc1nc(ncc1F)Nc1ccc4c(c1)CN(CC4)C(=O)CS[C@@H]3C2. The monoisotopic (exact) mass is 468 g/mol. The lowest BCUT2D eigenvalue weighted by atomic mass is 9.83. The van der Waals surface area contributed by atoms with Gasteiger partial charge in [-0.25, -0.2) is 9.37 Å². The van der Waals surface area contributed by atoms with Crippen LogP contribution in [0.1, 0.15) is 24.0 Å². The van der Waals surface area contributed by atoms with E-state index in [4.69, 9.17) is 5.73 Å². The third kappa shape index (κ3) is 3.60. The van der Waals surface area contributed by atoms with Gasteiger partial charge in [-0.15, -0.1) is 11.8 Å². The molecule has 5 atom stereocenters. The van der Waals surface area contributed by atoms with Gasteiger partial charge in [-0.1, -0.05) is 6.07 Å². The fourth-order valence-electron chi connectivity index (χ4n) is 6.03. The highest BCUT2D eigenvalue weighted by atomic mass is 32.2. The van der Waals surface area contributed by atoms with Crippen LogP contribution in [0.15, 0.2) is 24.4 Å². The van der Waals surface area contributed by atoms with Crippen LogP contribution in [0.3, 0.4) is 0 Å². The number of thioether (sulfide) groups is 1. The lowest BCUT2D eigenvalue weighted by Gasteiger charge is -2.35. The number of hydrogen-bond donors (Lipinski definition) is 3. The molecule has 0 radical (unpaired) electrons. The van der Waals surface area contributed by atoms with E-state index in [0.29, 0.717) is 18.8 Å². The van der Waals surface area contributed by atoms with Gasteiger partial charge >= 0.3 is 0 Å². The van der Waals surface area contributed by atoms with Crippen molar-refractivity contribution >= 4 is 41.0 Å². The van der Waals surface area contributed by atoms with Crippen LogP contribution >= 0.6 is 11.8 Å². The molecule has 2 fully saturated rings. The molecule has 10 heteroatoms. The van der Waals surface area contributed by atoms with Gasteiger partial charge in [-0.3, -0.25) is 9.59 Å². The third-order valence-electron chi connectivity index (χ3n) is 7.57. The van der Waals surface area contributed by atoms with Crippen LogP contribution in [0.5, 0.6) is 0 Å². The lowest BCUT2D eigenvalue weighted by molar-refractivity contribution is -0.129. The van der Waals surface area contributed by atoms with Gasteiger partial charge in [0.1, 0.15) is 0 Å². The van der Waals surface area contributed by atoms with E-state index >= 15 is 0 Å². The molecule has 33 heavy (non-hydrogen) atoms. The topological polar surface area (TPSA) is 113 Å². The van der Waals surface area contributed by atoms with Crippen molar-refractivity contribution in [1.29, 1.82) is 0 Å². The zero-order chi connectivity index (χ0) is 22.7. The predicted molar refractivity (Wildman–Crippen MR) is 123 cm³/mol. The third-order valence-corrected chi connectivity index (χ3v) is 8.95. The fourth-order valence-corrected chi connectivity index (χ4v) is 7.48. The molecule has 2 aliphatic carbocycles. The standard InChI is InChI=1S/C23H25FN6O2S/c24-16-8-26-23-27-14-2-1-11-3-4-30(9-13(11)5-14)18(31)10-33-17-7-12-6-15(17)20(19(12)21(25)32)28-22(16)29-23/h1-2,5,8,12,15,17,19-20H,3-4,6-7,9-10H2,(H2,25,32)(H2,26,27,28,29)/t12-,15+,17+,19-,20+/m0/s1. The molecule has 8 nitrogen and oxygen atoms in total. The van der Waals surface area contributed by atoms with Gasteiger partial charge in [-0.2, -0.15) is 4.98 Å². The van der Waals surface area contributed by atoms with Crippen LogP contribution < -0.4 is 16.4 Å². The number of primary amides is 1.